The third kappa shape index (κ3) is 2.71. The molecule has 6 heteroatoms. The van der Waals surface area contributed by atoms with E-state index in [1.165, 1.54) is 11.1 Å². The summed E-state index contributed by atoms with van der Waals surface area (Å²) >= 11 is 7.92. The van der Waals surface area contributed by atoms with Crippen molar-refractivity contribution in [1.29, 1.82) is 0 Å². The molecular formula is C16H20ClN3OS. The summed E-state index contributed by atoms with van der Waals surface area (Å²) in [7, 11) is 0. The standard InChI is InChI=1S/C16H20ClN3OS/c1-11-8-12(17)9-14-15(11)18-16(22-14)20-3-2-13(10-20)19-4-6-21-7-5-19/h8-9,13H,2-7,10H2,1H3. The Hall–Kier alpha value is -0.880. The molecule has 2 fully saturated rings. The van der Waals surface area contributed by atoms with Crippen LogP contribution in [0.2, 0.25) is 5.02 Å². The van der Waals surface area contributed by atoms with Crippen LogP contribution in [0.5, 0.6) is 0 Å². The van der Waals surface area contributed by atoms with Crippen molar-refractivity contribution in [1.82, 2.24) is 9.88 Å². The number of nitrogens with zero attached hydrogens (tertiary/aromatic N) is 3. The molecule has 1 atom stereocenters. The number of morpholine rings is 1. The van der Waals surface area contributed by atoms with Crippen LogP contribution >= 0.6 is 22.9 Å². The number of aromatic nitrogens is 1. The number of hydrogen-bond acceptors (Lipinski definition) is 5. The van der Waals surface area contributed by atoms with Crippen molar-refractivity contribution >= 4 is 38.3 Å². The molecule has 2 aromatic rings. The van der Waals surface area contributed by atoms with Crippen molar-refractivity contribution in [3.63, 3.8) is 0 Å². The molecule has 0 amide bonds. The van der Waals surface area contributed by atoms with Crippen LogP contribution in [-0.2, 0) is 4.74 Å². The average molecular weight is 338 g/mol. The molecule has 2 saturated heterocycles. The monoisotopic (exact) mass is 337 g/mol. The largest absolute Gasteiger partial charge is 0.379 e. The Bertz CT molecular complexity index is 683. The molecule has 3 heterocycles. The topological polar surface area (TPSA) is 28.6 Å². The Balaban J connectivity index is 1.54. The molecule has 118 valence electrons. The third-order valence-electron chi connectivity index (χ3n) is 4.63. The van der Waals surface area contributed by atoms with Crippen molar-refractivity contribution in [3.05, 3.63) is 22.7 Å². The van der Waals surface area contributed by atoms with E-state index in [9.17, 15) is 0 Å². The van der Waals surface area contributed by atoms with Gasteiger partial charge in [-0.25, -0.2) is 4.98 Å². The second-order valence-corrected chi connectivity index (χ2v) is 7.55. The number of halogens is 1. The van der Waals surface area contributed by atoms with E-state index in [1.54, 1.807) is 11.3 Å². The lowest BCUT2D eigenvalue weighted by Gasteiger charge is -2.32. The Kier molecular flexibility index (Phi) is 3.98. The molecule has 1 aromatic carbocycles. The normalized spacial score (nSPS) is 23.5. The number of benzene rings is 1. The number of aryl methyl sites for hydroxylation is 1. The summed E-state index contributed by atoms with van der Waals surface area (Å²) in [6.07, 6.45) is 1.22. The molecule has 0 bridgehead atoms. The molecule has 1 unspecified atom stereocenters. The van der Waals surface area contributed by atoms with E-state index in [0.717, 1.165) is 60.6 Å². The highest BCUT2D eigenvalue weighted by Crippen LogP contribution is 2.34. The van der Waals surface area contributed by atoms with Gasteiger partial charge in [0, 0.05) is 37.2 Å². The van der Waals surface area contributed by atoms with Gasteiger partial charge in [-0.2, -0.15) is 0 Å². The summed E-state index contributed by atoms with van der Waals surface area (Å²) < 4.78 is 6.65. The third-order valence-corrected chi connectivity index (χ3v) is 5.92. The first kappa shape index (κ1) is 14.7. The van der Waals surface area contributed by atoms with Crippen LogP contribution in [0, 0.1) is 6.92 Å². The van der Waals surface area contributed by atoms with Crippen LogP contribution in [0.3, 0.4) is 0 Å². The highest BCUT2D eigenvalue weighted by Gasteiger charge is 2.30. The van der Waals surface area contributed by atoms with E-state index in [-0.39, 0.29) is 0 Å². The molecule has 2 aliphatic heterocycles. The van der Waals surface area contributed by atoms with E-state index < -0.39 is 0 Å². The highest BCUT2D eigenvalue weighted by molar-refractivity contribution is 7.22. The van der Waals surface area contributed by atoms with Crippen molar-refractivity contribution in [2.45, 2.75) is 19.4 Å². The summed E-state index contributed by atoms with van der Waals surface area (Å²) in [6, 6.07) is 4.66. The zero-order valence-electron chi connectivity index (χ0n) is 12.7. The quantitative estimate of drug-likeness (QED) is 0.841. The van der Waals surface area contributed by atoms with E-state index >= 15 is 0 Å². The van der Waals surface area contributed by atoms with Gasteiger partial charge in [-0.05, 0) is 31.0 Å². The fourth-order valence-corrected chi connectivity index (χ4v) is 4.89. The van der Waals surface area contributed by atoms with Crippen LogP contribution < -0.4 is 4.90 Å². The Morgan fingerprint density at radius 2 is 2.09 bits per heavy atom. The minimum atomic E-state index is 0.639. The molecule has 0 saturated carbocycles. The maximum Gasteiger partial charge on any atom is 0.186 e. The van der Waals surface area contributed by atoms with E-state index in [2.05, 4.69) is 16.7 Å². The minimum Gasteiger partial charge on any atom is -0.379 e. The summed E-state index contributed by atoms with van der Waals surface area (Å²) in [4.78, 5) is 9.85. The maximum absolute atomic E-state index is 6.16. The number of rotatable bonds is 2. The molecule has 0 N–H and O–H groups in total. The van der Waals surface area contributed by atoms with Gasteiger partial charge >= 0.3 is 0 Å². The Morgan fingerprint density at radius 3 is 2.91 bits per heavy atom. The van der Waals surface area contributed by atoms with Gasteiger partial charge in [0.15, 0.2) is 5.13 Å². The fraction of sp³-hybridized carbons (Fsp3) is 0.562. The summed E-state index contributed by atoms with van der Waals surface area (Å²) in [5.41, 5.74) is 2.26. The number of anilines is 1. The Labute approximate surface area is 139 Å². The summed E-state index contributed by atoms with van der Waals surface area (Å²) in [6.45, 7) is 8.12. The zero-order chi connectivity index (χ0) is 15.1. The number of hydrogen-bond donors (Lipinski definition) is 0. The SMILES string of the molecule is Cc1cc(Cl)cc2sc(N3CCC(N4CCOCC4)C3)nc12. The molecule has 0 aliphatic carbocycles. The van der Waals surface area contributed by atoms with E-state index in [0.29, 0.717) is 6.04 Å². The first-order valence-corrected chi connectivity index (χ1v) is 9.03. The van der Waals surface area contributed by atoms with Gasteiger partial charge in [-0.3, -0.25) is 4.90 Å². The van der Waals surface area contributed by atoms with Crippen molar-refractivity contribution in [2.75, 3.05) is 44.3 Å². The average Bonchev–Trinajstić information content (AvgIpc) is 3.14. The van der Waals surface area contributed by atoms with E-state index in [1.807, 2.05) is 12.1 Å². The van der Waals surface area contributed by atoms with Gasteiger partial charge in [0.05, 0.1) is 23.4 Å². The van der Waals surface area contributed by atoms with Crippen molar-refractivity contribution < 1.29 is 4.74 Å². The van der Waals surface area contributed by atoms with Crippen LogP contribution in [0.1, 0.15) is 12.0 Å². The number of thiazole rings is 1. The molecule has 0 radical (unpaired) electrons. The minimum absolute atomic E-state index is 0.639. The second kappa shape index (κ2) is 5.96. The van der Waals surface area contributed by atoms with Gasteiger partial charge in [-0.15, -0.1) is 0 Å². The highest BCUT2D eigenvalue weighted by atomic mass is 35.5. The molecule has 1 aromatic heterocycles. The molecule has 4 rings (SSSR count). The fourth-order valence-electron chi connectivity index (χ4n) is 3.43. The van der Waals surface area contributed by atoms with Gasteiger partial charge in [0.25, 0.3) is 0 Å². The van der Waals surface area contributed by atoms with Gasteiger partial charge in [-0.1, -0.05) is 22.9 Å². The predicted molar refractivity (Wildman–Crippen MR) is 92.4 cm³/mol. The maximum atomic E-state index is 6.16. The lowest BCUT2D eigenvalue weighted by molar-refractivity contribution is 0.0209. The van der Waals surface area contributed by atoms with E-state index in [4.69, 9.17) is 21.3 Å². The van der Waals surface area contributed by atoms with Crippen LogP contribution in [-0.4, -0.2) is 55.3 Å². The molecule has 2 aliphatic rings. The number of fused-ring (bicyclic) bond motifs is 1. The predicted octanol–water partition coefficient (Wildman–Crippen LogP) is 3.17. The summed E-state index contributed by atoms with van der Waals surface area (Å²) in [5.74, 6) is 0. The van der Waals surface area contributed by atoms with Crippen LogP contribution in [0.15, 0.2) is 12.1 Å². The molecule has 22 heavy (non-hydrogen) atoms. The van der Waals surface area contributed by atoms with Gasteiger partial charge in [0.1, 0.15) is 0 Å². The molecule has 4 nitrogen and oxygen atoms in total. The van der Waals surface area contributed by atoms with Gasteiger partial charge < -0.3 is 9.64 Å². The lowest BCUT2D eigenvalue weighted by atomic mass is 10.2. The van der Waals surface area contributed by atoms with Crippen molar-refractivity contribution in [3.8, 4) is 0 Å². The molecular weight excluding hydrogens is 318 g/mol. The van der Waals surface area contributed by atoms with Gasteiger partial charge in [0.2, 0.25) is 0 Å². The smallest absolute Gasteiger partial charge is 0.186 e. The van der Waals surface area contributed by atoms with Crippen molar-refractivity contribution in [2.24, 2.45) is 0 Å². The lowest BCUT2D eigenvalue weighted by Crippen LogP contribution is -2.44. The first-order chi connectivity index (χ1) is 10.7. The van der Waals surface area contributed by atoms with Crippen LogP contribution in [0.25, 0.3) is 10.2 Å². The molecule has 0 spiro atoms. The second-order valence-electron chi connectivity index (χ2n) is 6.10. The zero-order valence-corrected chi connectivity index (χ0v) is 14.3. The first-order valence-electron chi connectivity index (χ1n) is 7.84. The Morgan fingerprint density at radius 1 is 1.27 bits per heavy atom. The van der Waals surface area contributed by atoms with Crippen LogP contribution in [0.4, 0.5) is 5.13 Å². The summed E-state index contributed by atoms with van der Waals surface area (Å²) in [5, 5.41) is 1.93. The number of ether oxygens (including phenoxy) is 1.